The summed E-state index contributed by atoms with van der Waals surface area (Å²) in [5, 5.41) is 3.35. The lowest BCUT2D eigenvalue weighted by Crippen LogP contribution is -2.70. The van der Waals surface area contributed by atoms with Crippen molar-refractivity contribution in [1.82, 2.24) is 0 Å². The highest BCUT2D eigenvalue weighted by Crippen LogP contribution is 2.68. The van der Waals surface area contributed by atoms with Crippen molar-refractivity contribution in [2.45, 2.75) is 33.6 Å². The Labute approximate surface area is 365 Å². The molecule has 0 aliphatic carbocycles. The van der Waals surface area contributed by atoms with Crippen LogP contribution < -0.4 is 32.3 Å². The van der Waals surface area contributed by atoms with Crippen LogP contribution in [0.2, 0.25) is 0 Å². The predicted octanol–water partition coefficient (Wildman–Crippen LogP) is 11.6. The normalized spacial score (nSPS) is 12.3. The molecule has 7 aromatic rings. The molecule has 0 fully saturated rings. The smallest absolute Gasteiger partial charge is 0.251 e. The van der Waals surface area contributed by atoms with Crippen LogP contribution in [0.5, 0.6) is 0 Å². The van der Waals surface area contributed by atoms with E-state index in [2.05, 4.69) is 75.4 Å². The maximum absolute atomic E-state index is 17.2. The number of hydrogen-bond donors (Lipinski definition) is 0. The summed E-state index contributed by atoms with van der Waals surface area (Å²) in [5.74, 6) is -50.4. The first kappa shape index (κ1) is 49.3. The fourth-order valence-corrected chi connectivity index (χ4v) is 12.9. The first-order valence-electron chi connectivity index (χ1n) is 19.2. The van der Waals surface area contributed by atoms with Crippen molar-refractivity contribution in [3.63, 3.8) is 0 Å². The zero-order valence-electron chi connectivity index (χ0n) is 34.3. The summed E-state index contributed by atoms with van der Waals surface area (Å²) in [5.41, 5.74) is -4.60. The minimum absolute atomic E-state index is 0.744. The number of benzene rings is 7. The van der Waals surface area contributed by atoms with Crippen molar-refractivity contribution in [3.8, 4) is 0 Å². The Hall–Kier alpha value is -6.16. The second-order valence-electron chi connectivity index (χ2n) is 15.0. The van der Waals surface area contributed by atoms with Crippen LogP contribution in [0.3, 0.4) is 0 Å². The Kier molecular flexibility index (Phi) is 13.9. The zero-order valence-corrected chi connectivity index (χ0v) is 35.2. The lowest BCUT2D eigenvalue weighted by Gasteiger charge is -2.37. The highest BCUT2D eigenvalue weighted by Gasteiger charge is 2.56. The quantitative estimate of drug-likeness (QED) is 0.0468. The largest absolute Gasteiger partial charge is 0.498 e. The number of alkyl halides is 1. The van der Waals surface area contributed by atoms with Gasteiger partial charge < -0.3 is 4.32 Å². The van der Waals surface area contributed by atoms with Crippen molar-refractivity contribution in [2.24, 2.45) is 0 Å². The van der Waals surface area contributed by atoms with Crippen LogP contribution in [-0.2, 0) is 0 Å². The Balaban J connectivity index is 0.000000220. The van der Waals surface area contributed by atoms with Gasteiger partial charge in [0.05, 0.1) is 0 Å². The van der Waals surface area contributed by atoms with E-state index in [0.717, 1.165) is 43.7 Å². The average Bonchev–Trinajstić information content (AvgIpc) is 3.29. The van der Waals surface area contributed by atoms with Crippen LogP contribution >= 0.6 is 7.26 Å². The van der Waals surface area contributed by atoms with Crippen LogP contribution in [0.25, 0.3) is 0 Å². The van der Waals surface area contributed by atoms with Crippen LogP contribution in [0.1, 0.15) is 33.7 Å². The van der Waals surface area contributed by atoms with Gasteiger partial charge in [0, 0.05) is 5.56 Å². The molecule has 19 heteroatoms. The minimum Gasteiger partial charge on any atom is -0.498 e. The molecule has 0 bridgehead atoms. The van der Waals surface area contributed by atoms with Gasteiger partial charge in [-0.05, 0) is 62.6 Å². The van der Waals surface area contributed by atoms with Gasteiger partial charge in [0.25, 0.3) is 6.42 Å². The average molecular weight is 959 g/mol. The van der Waals surface area contributed by atoms with Crippen molar-refractivity contribution < 1.29 is 74.6 Å². The van der Waals surface area contributed by atoms with E-state index < -0.39 is 123 Å². The summed E-state index contributed by atoms with van der Waals surface area (Å²) in [6.07, 6.45) is -6.91. The molecule has 0 saturated carbocycles. The molecule has 0 aromatic heterocycles. The number of rotatable bonds is 8. The van der Waals surface area contributed by atoms with Gasteiger partial charge in [-0.2, -0.15) is 4.39 Å². The van der Waals surface area contributed by atoms with Gasteiger partial charge in [-0.25, -0.2) is 65.9 Å². The summed E-state index contributed by atoms with van der Waals surface area (Å²) in [7, 11) is -2.66. The van der Waals surface area contributed by atoms with E-state index in [-0.39, 0.29) is 0 Å². The molecule has 7 rings (SSSR count). The summed E-state index contributed by atoms with van der Waals surface area (Å²) in [4.78, 5) is 0. The summed E-state index contributed by atoms with van der Waals surface area (Å²) >= 11 is 0. The van der Waals surface area contributed by atoms with Gasteiger partial charge in [-0.3, -0.25) is 0 Å². The van der Waals surface area contributed by atoms with Gasteiger partial charge in [0.15, 0.2) is 59.6 Å². The molecule has 1 atom stereocenters. The van der Waals surface area contributed by atoms with E-state index in [1.165, 1.54) is 0 Å². The standard InChI is InChI=1S/C29H29FP.C18BF16/c1-21-17-19-25(20-18-21)29(30)31(26-14-8-5-11-22(26)2,27-15-9-6-12-23(27)3)28-16-10-7-13-24(28)4;20-4-1(5(21)11(27)16(32)10(4)26)19(35,2-6(22)12(28)17(33)13(29)7(2)23)3-8(24)14(30)18(34)15(31)9(3)25/h5-20,29H,1-4H3;/q+1;-1/t29-;/m1./s1. The number of aryl methyl sites for hydroxylation is 4. The molecule has 344 valence electrons. The van der Waals surface area contributed by atoms with E-state index in [4.69, 9.17) is 0 Å². The maximum atomic E-state index is 17.2. The van der Waals surface area contributed by atoms with Crippen LogP contribution in [0.15, 0.2) is 97.1 Å². The van der Waals surface area contributed by atoms with Gasteiger partial charge >= 0.3 is 0 Å². The van der Waals surface area contributed by atoms with E-state index in [1.807, 2.05) is 49.4 Å². The lowest BCUT2D eigenvalue weighted by atomic mass is 9.30. The Morgan fingerprint density at radius 3 is 0.803 bits per heavy atom. The molecular formula is C47H29BF17P. The molecule has 0 nitrogen and oxygen atoms in total. The number of halogens is 17. The number of hydrogen-bond acceptors (Lipinski definition) is 0. The second-order valence-corrected chi connectivity index (χ2v) is 18.4. The van der Waals surface area contributed by atoms with E-state index in [0.29, 0.717) is 0 Å². The molecule has 0 heterocycles. The van der Waals surface area contributed by atoms with Crippen molar-refractivity contribution in [1.29, 1.82) is 0 Å². The Morgan fingerprint density at radius 2 is 0.561 bits per heavy atom. The molecule has 0 N–H and O–H groups in total. The maximum Gasteiger partial charge on any atom is 0.251 e. The molecule has 0 aliphatic rings. The molecule has 0 amide bonds. The van der Waals surface area contributed by atoms with Crippen molar-refractivity contribution in [2.75, 3.05) is 0 Å². The van der Waals surface area contributed by atoms with E-state index in [1.54, 1.807) is 0 Å². The van der Waals surface area contributed by atoms with Gasteiger partial charge in [0.2, 0.25) is 5.91 Å². The third kappa shape index (κ3) is 7.80. The fourth-order valence-electron chi connectivity index (χ4n) is 7.93. The topological polar surface area (TPSA) is 0 Å². The van der Waals surface area contributed by atoms with Crippen LogP contribution in [-0.4, -0.2) is 6.42 Å². The first-order chi connectivity index (χ1) is 31.0. The van der Waals surface area contributed by atoms with Crippen LogP contribution in [0, 0.1) is 115 Å². The van der Waals surface area contributed by atoms with Gasteiger partial charge in [-0.15, -0.1) is 0 Å². The highest BCUT2D eigenvalue weighted by molar-refractivity contribution is 7.96. The highest BCUT2D eigenvalue weighted by atomic mass is 31.2. The summed E-state index contributed by atoms with van der Waals surface area (Å²) < 4.78 is 242. The lowest BCUT2D eigenvalue weighted by molar-refractivity contribution is 0.377. The molecule has 0 unspecified atom stereocenters. The third-order valence-corrected chi connectivity index (χ3v) is 15.9. The van der Waals surface area contributed by atoms with E-state index in [9.17, 15) is 65.9 Å². The molecule has 0 aliphatic heterocycles. The molecular weight excluding hydrogens is 929 g/mol. The minimum atomic E-state index is -6.91. The second kappa shape index (κ2) is 18.6. The third-order valence-electron chi connectivity index (χ3n) is 11.1. The van der Waals surface area contributed by atoms with Crippen LogP contribution in [0.4, 0.5) is 74.6 Å². The van der Waals surface area contributed by atoms with Gasteiger partial charge in [-0.1, -0.05) is 101 Å². The molecule has 7 aromatic carbocycles. The summed E-state index contributed by atoms with van der Waals surface area (Å²) in [6.45, 7) is 8.39. The fraction of sp³-hybridized carbons (Fsp3) is 0.106. The Bertz CT molecular complexity index is 2660. The first-order valence-corrected chi connectivity index (χ1v) is 21.0. The van der Waals surface area contributed by atoms with Gasteiger partial charge in [0.1, 0.15) is 50.8 Å². The zero-order chi connectivity index (χ0) is 48.9. The van der Waals surface area contributed by atoms with Crippen molar-refractivity contribution >= 4 is 46.0 Å². The molecule has 0 spiro atoms. The SMILES string of the molecule is Cc1ccc([C@H](F)[P+](c2ccccc2C)(c2ccccc2C)c2ccccc2C)cc1.Fc1c(F)c(F)c([B-](F)(c2c(F)c(F)c(F)c(F)c2F)c2c(F)c(F)c(F)c(F)c2F)c(F)c1F. The monoisotopic (exact) mass is 958 g/mol. The Morgan fingerprint density at radius 1 is 0.333 bits per heavy atom. The molecule has 0 radical (unpaired) electrons. The molecule has 66 heavy (non-hydrogen) atoms. The summed E-state index contributed by atoms with van der Waals surface area (Å²) in [6, 6.07) is 33.0. The van der Waals surface area contributed by atoms with E-state index >= 15 is 8.71 Å². The molecule has 0 saturated heterocycles. The predicted molar refractivity (Wildman–Crippen MR) is 219 cm³/mol. The van der Waals surface area contributed by atoms with Crippen molar-refractivity contribution in [3.05, 3.63) is 212 Å².